The van der Waals surface area contributed by atoms with E-state index in [1.807, 2.05) is 30.3 Å². The van der Waals surface area contributed by atoms with Gasteiger partial charge in [0.1, 0.15) is 18.0 Å². The first-order valence-corrected chi connectivity index (χ1v) is 11.3. The van der Waals surface area contributed by atoms with Gasteiger partial charge >= 0.3 is 6.09 Å². The molecule has 0 atom stereocenters. The fourth-order valence-electron chi connectivity index (χ4n) is 3.43. The van der Waals surface area contributed by atoms with Crippen LogP contribution in [-0.2, 0) is 11.3 Å². The summed E-state index contributed by atoms with van der Waals surface area (Å²) in [6, 6.07) is 19.0. The molecule has 4 aromatic rings. The molecular weight excluding hydrogens is 463 g/mol. The molecule has 0 aliphatic carbocycles. The Bertz CT molecular complexity index is 1370. The van der Waals surface area contributed by atoms with Crippen LogP contribution in [0.25, 0.3) is 10.9 Å². The summed E-state index contributed by atoms with van der Waals surface area (Å²) in [7, 11) is 1.55. The minimum absolute atomic E-state index is 0.0133. The van der Waals surface area contributed by atoms with Crippen molar-refractivity contribution in [3.8, 4) is 23.0 Å². The number of pyridine rings is 1. The molecule has 36 heavy (non-hydrogen) atoms. The van der Waals surface area contributed by atoms with E-state index in [9.17, 15) is 9.18 Å². The van der Waals surface area contributed by atoms with Gasteiger partial charge in [0, 0.05) is 29.4 Å². The molecule has 0 spiro atoms. The Hall–Kier alpha value is -4.33. The van der Waals surface area contributed by atoms with E-state index >= 15 is 0 Å². The highest BCUT2D eigenvalue weighted by Crippen LogP contribution is 2.38. The van der Waals surface area contributed by atoms with Crippen molar-refractivity contribution >= 4 is 22.7 Å². The minimum Gasteiger partial charge on any atom is -0.493 e. The van der Waals surface area contributed by atoms with Gasteiger partial charge in [-0.05, 0) is 50.6 Å². The Morgan fingerprint density at radius 3 is 2.42 bits per heavy atom. The minimum atomic E-state index is -0.673. The topological polar surface area (TPSA) is 78.9 Å². The van der Waals surface area contributed by atoms with Crippen LogP contribution in [-0.4, -0.2) is 23.8 Å². The van der Waals surface area contributed by atoms with E-state index in [1.54, 1.807) is 52.3 Å². The standard InChI is InChI=1S/C28H27FN2O5/c1-28(2,3)36-27(32)31-19-10-11-24(21(29)14-19)35-23-12-13-30-22-16-26(25(33-4)15-20(22)23)34-17-18-8-6-5-7-9-18/h5-16H,17H2,1-4H3,(H,31,32). The average molecular weight is 491 g/mol. The molecule has 7 nitrogen and oxygen atoms in total. The molecule has 3 aromatic carbocycles. The smallest absolute Gasteiger partial charge is 0.412 e. The van der Waals surface area contributed by atoms with Crippen LogP contribution in [0.1, 0.15) is 26.3 Å². The SMILES string of the molecule is COc1cc2c(Oc3ccc(NC(=O)OC(C)(C)C)cc3F)ccnc2cc1OCc1ccccc1. The lowest BCUT2D eigenvalue weighted by molar-refractivity contribution is 0.0636. The Morgan fingerprint density at radius 2 is 1.72 bits per heavy atom. The van der Waals surface area contributed by atoms with Crippen molar-refractivity contribution in [1.82, 2.24) is 4.98 Å². The lowest BCUT2D eigenvalue weighted by Gasteiger charge is -2.19. The zero-order valence-corrected chi connectivity index (χ0v) is 20.5. The summed E-state index contributed by atoms with van der Waals surface area (Å²) in [4.78, 5) is 16.4. The molecule has 1 aromatic heterocycles. The van der Waals surface area contributed by atoms with E-state index < -0.39 is 17.5 Å². The normalized spacial score (nSPS) is 11.1. The molecule has 0 bridgehead atoms. The molecule has 0 fully saturated rings. The quantitative estimate of drug-likeness (QED) is 0.298. The first kappa shape index (κ1) is 24.8. The van der Waals surface area contributed by atoms with E-state index in [1.165, 1.54) is 18.2 Å². The van der Waals surface area contributed by atoms with Crippen molar-refractivity contribution in [3.63, 3.8) is 0 Å². The zero-order chi connectivity index (χ0) is 25.7. The molecule has 0 radical (unpaired) electrons. The van der Waals surface area contributed by atoms with Crippen LogP contribution >= 0.6 is 0 Å². The van der Waals surface area contributed by atoms with Gasteiger partial charge in [-0.25, -0.2) is 9.18 Å². The van der Waals surface area contributed by atoms with Crippen molar-refractivity contribution in [2.45, 2.75) is 33.0 Å². The number of rotatable bonds is 7. The largest absolute Gasteiger partial charge is 0.493 e. The maximum absolute atomic E-state index is 14.8. The first-order valence-electron chi connectivity index (χ1n) is 11.3. The van der Waals surface area contributed by atoms with Crippen LogP contribution in [0.2, 0.25) is 0 Å². The number of hydrogen-bond donors (Lipinski definition) is 1. The van der Waals surface area contributed by atoms with Crippen LogP contribution in [0, 0.1) is 5.82 Å². The molecular formula is C28H27FN2O5. The van der Waals surface area contributed by atoms with Crippen LogP contribution in [0.15, 0.2) is 72.9 Å². The van der Waals surface area contributed by atoms with E-state index in [4.69, 9.17) is 18.9 Å². The fourth-order valence-corrected chi connectivity index (χ4v) is 3.43. The highest BCUT2D eigenvalue weighted by atomic mass is 19.1. The van der Waals surface area contributed by atoms with Crippen LogP contribution in [0.5, 0.6) is 23.0 Å². The number of hydrogen-bond acceptors (Lipinski definition) is 6. The lowest BCUT2D eigenvalue weighted by atomic mass is 10.1. The van der Waals surface area contributed by atoms with Gasteiger partial charge in [0.05, 0.1) is 12.6 Å². The number of anilines is 1. The molecule has 0 aliphatic rings. The van der Waals surface area contributed by atoms with E-state index in [0.717, 1.165) is 5.56 Å². The van der Waals surface area contributed by atoms with Gasteiger partial charge in [-0.3, -0.25) is 10.3 Å². The molecule has 0 aliphatic heterocycles. The van der Waals surface area contributed by atoms with Crippen molar-refractivity contribution in [2.24, 2.45) is 0 Å². The lowest BCUT2D eigenvalue weighted by Crippen LogP contribution is -2.27. The third kappa shape index (κ3) is 6.21. The van der Waals surface area contributed by atoms with Gasteiger partial charge in [-0.1, -0.05) is 30.3 Å². The molecule has 1 amide bonds. The number of ether oxygens (including phenoxy) is 4. The third-order valence-electron chi connectivity index (χ3n) is 5.02. The van der Waals surface area contributed by atoms with E-state index in [-0.39, 0.29) is 11.4 Å². The van der Waals surface area contributed by atoms with Crippen LogP contribution < -0.4 is 19.5 Å². The molecule has 4 rings (SSSR count). The van der Waals surface area contributed by atoms with Gasteiger partial charge < -0.3 is 18.9 Å². The number of halogens is 1. The van der Waals surface area contributed by atoms with Crippen LogP contribution in [0.3, 0.4) is 0 Å². The predicted molar refractivity (Wildman–Crippen MR) is 135 cm³/mol. The van der Waals surface area contributed by atoms with Gasteiger partial charge in [0.25, 0.3) is 0 Å². The molecule has 0 unspecified atom stereocenters. The Kier molecular flexibility index (Phi) is 7.24. The summed E-state index contributed by atoms with van der Waals surface area (Å²) >= 11 is 0. The summed E-state index contributed by atoms with van der Waals surface area (Å²) in [6.45, 7) is 5.61. The molecule has 1 heterocycles. The summed E-state index contributed by atoms with van der Waals surface area (Å²) in [5.41, 5.74) is 1.20. The number of benzene rings is 3. The molecule has 186 valence electrons. The number of amides is 1. The van der Waals surface area contributed by atoms with Gasteiger partial charge in [0.15, 0.2) is 23.1 Å². The number of nitrogens with one attached hydrogen (secondary N) is 1. The van der Waals surface area contributed by atoms with Gasteiger partial charge in [-0.2, -0.15) is 0 Å². The second-order valence-electron chi connectivity index (χ2n) is 8.98. The average Bonchev–Trinajstić information content (AvgIpc) is 2.83. The second-order valence-corrected chi connectivity index (χ2v) is 8.98. The van der Waals surface area contributed by atoms with Crippen LogP contribution in [0.4, 0.5) is 14.9 Å². The number of carbonyl (C=O) groups is 1. The van der Waals surface area contributed by atoms with E-state index in [2.05, 4.69) is 10.3 Å². The molecule has 1 N–H and O–H groups in total. The summed E-state index contributed by atoms with van der Waals surface area (Å²) < 4.78 is 37.4. The number of nitrogens with zero attached hydrogens (tertiary/aromatic N) is 1. The molecule has 0 saturated carbocycles. The second kappa shape index (κ2) is 10.5. The fraction of sp³-hybridized carbons (Fsp3) is 0.214. The molecule has 8 heteroatoms. The maximum atomic E-state index is 14.8. The van der Waals surface area contributed by atoms with Crippen molar-refractivity contribution in [1.29, 1.82) is 0 Å². The number of aromatic nitrogens is 1. The highest BCUT2D eigenvalue weighted by Gasteiger charge is 2.18. The maximum Gasteiger partial charge on any atom is 0.412 e. The Labute approximate surface area is 208 Å². The Morgan fingerprint density at radius 1 is 0.944 bits per heavy atom. The third-order valence-corrected chi connectivity index (χ3v) is 5.02. The van der Waals surface area contributed by atoms with Gasteiger partial charge in [0.2, 0.25) is 0 Å². The van der Waals surface area contributed by atoms with Crippen molar-refractivity contribution < 1.29 is 28.1 Å². The van der Waals surface area contributed by atoms with E-state index in [0.29, 0.717) is 34.8 Å². The Balaban J connectivity index is 1.55. The van der Waals surface area contributed by atoms with Crippen molar-refractivity contribution in [3.05, 3.63) is 84.3 Å². The number of fused-ring (bicyclic) bond motifs is 1. The highest BCUT2D eigenvalue weighted by molar-refractivity contribution is 5.88. The van der Waals surface area contributed by atoms with Gasteiger partial charge in [-0.15, -0.1) is 0 Å². The summed E-state index contributed by atoms with van der Waals surface area (Å²) in [5.74, 6) is 0.750. The predicted octanol–water partition coefficient (Wildman–Crippen LogP) is 7.10. The number of methoxy groups -OCH3 is 1. The first-order chi connectivity index (χ1) is 17.2. The molecule has 0 saturated heterocycles. The monoisotopic (exact) mass is 490 g/mol. The zero-order valence-electron chi connectivity index (χ0n) is 20.5. The summed E-state index contributed by atoms with van der Waals surface area (Å²) in [6.07, 6.45) is 0.898. The summed E-state index contributed by atoms with van der Waals surface area (Å²) in [5, 5.41) is 3.13. The number of carbonyl (C=O) groups excluding carboxylic acids is 1. The van der Waals surface area contributed by atoms with Crippen molar-refractivity contribution in [2.75, 3.05) is 12.4 Å².